The molecule has 1 aromatic carbocycles. The van der Waals surface area contributed by atoms with Gasteiger partial charge in [-0.25, -0.2) is 0 Å². The number of rotatable bonds is 7. The van der Waals surface area contributed by atoms with E-state index in [4.69, 9.17) is 18.9 Å². The summed E-state index contributed by atoms with van der Waals surface area (Å²) in [5.74, 6) is 1.99. The Kier molecular flexibility index (Phi) is 5.09. The van der Waals surface area contributed by atoms with Gasteiger partial charge >= 0.3 is 0 Å². The summed E-state index contributed by atoms with van der Waals surface area (Å²) in [5.41, 5.74) is 0. The molecule has 0 radical (unpaired) electrons. The smallest absolute Gasteiger partial charge is 0.203 e. The van der Waals surface area contributed by atoms with Gasteiger partial charge in [0.15, 0.2) is 11.5 Å². The standard InChI is InChI=1S/C15H23NO4/c1-5-19-14-10(16-2)9-13(14)20-15-11(17-3)7-6-8-12(15)18-4/h6-8,10,13-14,16H,5,9H2,1-4H3. The number of hydrogen-bond acceptors (Lipinski definition) is 5. The lowest BCUT2D eigenvalue weighted by atomic mass is 9.85. The first-order valence-electron chi connectivity index (χ1n) is 6.91. The summed E-state index contributed by atoms with van der Waals surface area (Å²) in [4.78, 5) is 0. The van der Waals surface area contributed by atoms with Gasteiger partial charge in [0.05, 0.1) is 14.2 Å². The first-order valence-corrected chi connectivity index (χ1v) is 6.91. The molecule has 5 heteroatoms. The Balaban J connectivity index is 2.13. The van der Waals surface area contributed by atoms with E-state index in [1.807, 2.05) is 32.2 Å². The second kappa shape index (κ2) is 6.81. The van der Waals surface area contributed by atoms with Crippen LogP contribution in [0.15, 0.2) is 18.2 Å². The van der Waals surface area contributed by atoms with Crippen LogP contribution in [0.5, 0.6) is 17.2 Å². The summed E-state index contributed by atoms with van der Waals surface area (Å²) in [7, 11) is 5.19. The topological polar surface area (TPSA) is 49.0 Å². The highest BCUT2D eigenvalue weighted by Crippen LogP contribution is 2.40. The number of para-hydroxylation sites is 1. The molecule has 1 aromatic rings. The third-order valence-corrected chi connectivity index (χ3v) is 3.63. The third-order valence-electron chi connectivity index (χ3n) is 3.63. The average molecular weight is 281 g/mol. The Morgan fingerprint density at radius 2 is 1.85 bits per heavy atom. The van der Waals surface area contributed by atoms with Crippen molar-refractivity contribution in [1.29, 1.82) is 0 Å². The molecule has 0 heterocycles. The number of hydrogen-bond donors (Lipinski definition) is 1. The maximum Gasteiger partial charge on any atom is 0.203 e. The molecule has 1 saturated carbocycles. The van der Waals surface area contributed by atoms with Crippen LogP contribution in [0.4, 0.5) is 0 Å². The van der Waals surface area contributed by atoms with Gasteiger partial charge in [0.1, 0.15) is 12.2 Å². The van der Waals surface area contributed by atoms with E-state index < -0.39 is 0 Å². The molecule has 0 amide bonds. The van der Waals surface area contributed by atoms with Crippen LogP contribution in [0.3, 0.4) is 0 Å². The van der Waals surface area contributed by atoms with Crippen LogP contribution in [0.2, 0.25) is 0 Å². The summed E-state index contributed by atoms with van der Waals surface area (Å²) in [5, 5.41) is 3.24. The van der Waals surface area contributed by atoms with Crippen LogP contribution in [0.25, 0.3) is 0 Å². The lowest BCUT2D eigenvalue weighted by molar-refractivity contribution is -0.104. The van der Waals surface area contributed by atoms with Crippen LogP contribution in [0, 0.1) is 0 Å². The fourth-order valence-corrected chi connectivity index (χ4v) is 2.48. The third kappa shape index (κ3) is 2.83. The highest BCUT2D eigenvalue weighted by molar-refractivity contribution is 5.51. The lowest BCUT2D eigenvalue weighted by Gasteiger charge is -2.43. The van der Waals surface area contributed by atoms with E-state index in [0.29, 0.717) is 29.9 Å². The summed E-state index contributed by atoms with van der Waals surface area (Å²) >= 11 is 0. The zero-order chi connectivity index (χ0) is 14.5. The molecule has 112 valence electrons. The zero-order valence-corrected chi connectivity index (χ0v) is 12.5. The summed E-state index contributed by atoms with van der Waals surface area (Å²) < 4.78 is 22.5. The van der Waals surface area contributed by atoms with Gasteiger partial charge in [-0.05, 0) is 26.1 Å². The molecule has 0 aliphatic heterocycles. The van der Waals surface area contributed by atoms with E-state index in [2.05, 4.69) is 5.32 Å². The molecule has 1 fully saturated rings. The molecule has 2 rings (SSSR count). The van der Waals surface area contributed by atoms with Crippen molar-refractivity contribution in [3.05, 3.63) is 18.2 Å². The van der Waals surface area contributed by atoms with E-state index in [1.54, 1.807) is 14.2 Å². The van der Waals surface area contributed by atoms with Crippen LogP contribution in [-0.2, 0) is 4.74 Å². The van der Waals surface area contributed by atoms with Gasteiger partial charge in [-0.1, -0.05) is 6.07 Å². The summed E-state index contributed by atoms with van der Waals surface area (Å²) in [6.45, 7) is 2.66. The fourth-order valence-electron chi connectivity index (χ4n) is 2.48. The van der Waals surface area contributed by atoms with Gasteiger partial charge in [-0.3, -0.25) is 0 Å². The van der Waals surface area contributed by atoms with Gasteiger partial charge in [0.25, 0.3) is 0 Å². The van der Waals surface area contributed by atoms with Crippen molar-refractivity contribution in [3.63, 3.8) is 0 Å². The normalized spacial score (nSPS) is 24.9. The summed E-state index contributed by atoms with van der Waals surface area (Å²) in [6.07, 6.45) is 0.972. The van der Waals surface area contributed by atoms with Crippen molar-refractivity contribution in [3.8, 4) is 17.2 Å². The zero-order valence-electron chi connectivity index (χ0n) is 12.5. The molecular weight excluding hydrogens is 258 g/mol. The first kappa shape index (κ1) is 14.9. The summed E-state index contributed by atoms with van der Waals surface area (Å²) in [6, 6.07) is 5.94. The quantitative estimate of drug-likeness (QED) is 0.826. The van der Waals surface area contributed by atoms with Crippen LogP contribution >= 0.6 is 0 Å². The van der Waals surface area contributed by atoms with E-state index in [9.17, 15) is 0 Å². The van der Waals surface area contributed by atoms with Crippen LogP contribution in [-0.4, -0.2) is 46.1 Å². The highest BCUT2D eigenvalue weighted by Gasteiger charge is 2.43. The van der Waals surface area contributed by atoms with Gasteiger partial charge in [0, 0.05) is 19.1 Å². The Bertz CT molecular complexity index is 416. The van der Waals surface area contributed by atoms with E-state index in [0.717, 1.165) is 6.42 Å². The van der Waals surface area contributed by atoms with Crippen LogP contribution in [0.1, 0.15) is 13.3 Å². The Morgan fingerprint density at radius 3 is 2.35 bits per heavy atom. The number of nitrogens with one attached hydrogen (secondary N) is 1. The molecule has 3 atom stereocenters. The molecule has 0 bridgehead atoms. The van der Waals surface area contributed by atoms with Crippen LogP contribution < -0.4 is 19.5 Å². The Morgan fingerprint density at radius 1 is 1.20 bits per heavy atom. The molecule has 0 aromatic heterocycles. The maximum absolute atomic E-state index is 6.08. The number of benzene rings is 1. The van der Waals surface area contributed by atoms with Crippen molar-refractivity contribution in [2.45, 2.75) is 31.6 Å². The second-order valence-electron chi connectivity index (χ2n) is 4.70. The minimum atomic E-state index is 0.0117. The van der Waals surface area contributed by atoms with Crippen molar-refractivity contribution < 1.29 is 18.9 Å². The minimum absolute atomic E-state index is 0.0117. The average Bonchev–Trinajstić information content (AvgIpc) is 2.48. The molecule has 5 nitrogen and oxygen atoms in total. The fraction of sp³-hybridized carbons (Fsp3) is 0.600. The lowest BCUT2D eigenvalue weighted by Crippen LogP contribution is -2.60. The molecule has 1 aliphatic rings. The maximum atomic E-state index is 6.08. The predicted octanol–water partition coefficient (Wildman–Crippen LogP) is 1.85. The molecule has 20 heavy (non-hydrogen) atoms. The van der Waals surface area contributed by atoms with Gasteiger partial charge in [-0.15, -0.1) is 0 Å². The van der Waals surface area contributed by atoms with E-state index in [-0.39, 0.29) is 12.2 Å². The molecular formula is C15H23NO4. The van der Waals surface area contributed by atoms with Crippen molar-refractivity contribution >= 4 is 0 Å². The molecule has 1 N–H and O–H groups in total. The Labute approximate surface area is 120 Å². The molecule has 0 spiro atoms. The highest BCUT2D eigenvalue weighted by atomic mass is 16.6. The molecule has 0 saturated heterocycles. The van der Waals surface area contributed by atoms with Crippen molar-refractivity contribution in [2.24, 2.45) is 0 Å². The predicted molar refractivity (Wildman–Crippen MR) is 76.8 cm³/mol. The largest absolute Gasteiger partial charge is 0.493 e. The number of likely N-dealkylation sites (N-methyl/N-ethyl adjacent to an activating group) is 1. The number of methoxy groups -OCH3 is 2. The van der Waals surface area contributed by atoms with Gasteiger partial charge in [0.2, 0.25) is 5.75 Å². The molecule has 3 unspecified atom stereocenters. The van der Waals surface area contributed by atoms with Gasteiger partial charge < -0.3 is 24.3 Å². The van der Waals surface area contributed by atoms with E-state index in [1.165, 1.54) is 0 Å². The van der Waals surface area contributed by atoms with Gasteiger partial charge in [-0.2, -0.15) is 0 Å². The Hall–Kier alpha value is -1.46. The minimum Gasteiger partial charge on any atom is -0.493 e. The SMILES string of the molecule is CCOC1C(NC)CC1Oc1c(OC)cccc1OC. The van der Waals surface area contributed by atoms with Crippen molar-refractivity contribution in [1.82, 2.24) is 5.32 Å². The number of ether oxygens (including phenoxy) is 4. The monoisotopic (exact) mass is 281 g/mol. The first-order chi connectivity index (χ1) is 9.74. The van der Waals surface area contributed by atoms with Crippen molar-refractivity contribution in [2.75, 3.05) is 27.9 Å². The second-order valence-corrected chi connectivity index (χ2v) is 4.70. The molecule has 1 aliphatic carbocycles. The van der Waals surface area contributed by atoms with E-state index >= 15 is 0 Å².